The van der Waals surface area contributed by atoms with Crippen LogP contribution in [0.3, 0.4) is 0 Å². The Morgan fingerprint density at radius 1 is 1.20 bits per heavy atom. The summed E-state index contributed by atoms with van der Waals surface area (Å²) in [6.07, 6.45) is 0. The maximum absolute atomic E-state index is 2.48. The molecular weight excluding hydrogens is 278 g/mol. The van der Waals surface area contributed by atoms with Gasteiger partial charge in [-0.25, -0.2) is 0 Å². The predicted octanol–water partition coefficient (Wildman–Crippen LogP) is 3.87. The Labute approximate surface area is 127 Å². The van der Waals surface area contributed by atoms with Gasteiger partial charge < -0.3 is 4.90 Å². The quantitative estimate of drug-likeness (QED) is 0.761. The molecule has 0 spiro atoms. The maximum atomic E-state index is 2.48. The second kappa shape index (κ2) is 5.13. The van der Waals surface area contributed by atoms with Gasteiger partial charge in [0.15, 0.2) is 0 Å². The molecule has 1 aliphatic heterocycles. The Morgan fingerprint density at radius 2 is 1.95 bits per heavy atom. The van der Waals surface area contributed by atoms with E-state index in [1.807, 2.05) is 11.3 Å². The lowest BCUT2D eigenvalue weighted by atomic mass is 9.86. The van der Waals surface area contributed by atoms with E-state index in [2.05, 4.69) is 67.3 Å². The van der Waals surface area contributed by atoms with Crippen molar-refractivity contribution in [3.8, 4) is 0 Å². The Morgan fingerprint density at radius 3 is 2.65 bits per heavy atom. The van der Waals surface area contributed by atoms with Crippen molar-refractivity contribution in [2.45, 2.75) is 32.1 Å². The van der Waals surface area contributed by atoms with Crippen LogP contribution in [0.5, 0.6) is 0 Å². The molecule has 106 valence electrons. The molecule has 1 aromatic heterocycles. The number of likely N-dealkylation sites (N-methyl/N-ethyl adjacent to an activating group) is 1. The van der Waals surface area contributed by atoms with Crippen LogP contribution in [0.25, 0.3) is 0 Å². The minimum absolute atomic E-state index is 0.547. The fourth-order valence-corrected chi connectivity index (χ4v) is 5.89. The molecule has 0 saturated carbocycles. The summed E-state index contributed by atoms with van der Waals surface area (Å²) in [5.74, 6) is 0.547. The van der Waals surface area contributed by atoms with Gasteiger partial charge in [-0.2, -0.15) is 11.3 Å². The molecule has 1 unspecified atom stereocenters. The largest absolute Gasteiger partial charge is 0.301 e. The van der Waals surface area contributed by atoms with Crippen LogP contribution in [0.2, 0.25) is 19.6 Å². The van der Waals surface area contributed by atoms with Gasteiger partial charge in [-0.3, -0.25) is 0 Å². The highest BCUT2D eigenvalue weighted by atomic mass is 32.1. The third-order valence-electron chi connectivity index (χ3n) is 4.13. The predicted molar refractivity (Wildman–Crippen MR) is 91.9 cm³/mol. The number of benzene rings is 1. The number of hydrogen-bond donors (Lipinski definition) is 0. The lowest BCUT2D eigenvalue weighted by Crippen LogP contribution is -2.35. The lowest BCUT2D eigenvalue weighted by Gasteiger charge is -2.32. The first kappa shape index (κ1) is 14.1. The zero-order chi connectivity index (χ0) is 14.3. The van der Waals surface area contributed by atoms with Crippen molar-refractivity contribution in [2.24, 2.45) is 0 Å². The number of fused-ring (bicyclic) bond motifs is 1. The minimum atomic E-state index is -1.18. The first-order valence-electron chi connectivity index (χ1n) is 7.30. The van der Waals surface area contributed by atoms with Gasteiger partial charge in [-0.1, -0.05) is 43.9 Å². The Balaban J connectivity index is 2.00. The van der Waals surface area contributed by atoms with E-state index >= 15 is 0 Å². The van der Waals surface area contributed by atoms with E-state index in [9.17, 15) is 0 Å². The van der Waals surface area contributed by atoms with Gasteiger partial charge in [0.25, 0.3) is 0 Å². The minimum Gasteiger partial charge on any atom is -0.301 e. The summed E-state index contributed by atoms with van der Waals surface area (Å²) in [7, 11) is 1.05. The van der Waals surface area contributed by atoms with Crippen molar-refractivity contribution >= 4 is 23.9 Å². The second-order valence-corrected chi connectivity index (χ2v) is 13.3. The standard InChI is InChI=1S/C17H23NSSi/c1-18-10-13-7-5-6-8-15(13)16(11-18)14-9-17(19-12-14)20(2,3)4/h5-9,12,16H,10-11H2,1-4H3. The third kappa shape index (κ3) is 2.62. The lowest BCUT2D eigenvalue weighted by molar-refractivity contribution is 0.295. The fraction of sp³-hybridized carbons (Fsp3) is 0.412. The second-order valence-electron chi connectivity index (χ2n) is 6.94. The molecule has 2 heterocycles. The number of hydrogen-bond acceptors (Lipinski definition) is 2. The molecule has 0 N–H and O–H groups in total. The molecule has 0 aliphatic carbocycles. The summed E-state index contributed by atoms with van der Waals surface area (Å²) in [5, 5.41) is 2.40. The monoisotopic (exact) mass is 301 g/mol. The van der Waals surface area contributed by atoms with Crippen LogP contribution in [0.4, 0.5) is 0 Å². The molecule has 3 heteroatoms. The zero-order valence-electron chi connectivity index (χ0n) is 12.8. The Bertz CT molecular complexity index is 611. The average Bonchev–Trinajstić information content (AvgIpc) is 2.87. The van der Waals surface area contributed by atoms with Gasteiger partial charge in [-0.05, 0) is 39.7 Å². The van der Waals surface area contributed by atoms with Crippen molar-refractivity contribution in [1.29, 1.82) is 0 Å². The van der Waals surface area contributed by atoms with E-state index < -0.39 is 8.07 Å². The molecule has 2 aromatic rings. The normalized spacial score (nSPS) is 19.9. The van der Waals surface area contributed by atoms with Gasteiger partial charge in [0.1, 0.15) is 0 Å². The number of nitrogens with zero attached hydrogens (tertiary/aromatic N) is 1. The highest BCUT2D eigenvalue weighted by molar-refractivity contribution is 7.25. The molecule has 1 nitrogen and oxygen atoms in total. The third-order valence-corrected chi connectivity index (χ3v) is 8.70. The summed E-state index contributed by atoms with van der Waals surface area (Å²) in [6, 6.07) is 11.4. The van der Waals surface area contributed by atoms with Crippen molar-refractivity contribution < 1.29 is 0 Å². The molecule has 1 aromatic carbocycles. The molecule has 0 fully saturated rings. The van der Waals surface area contributed by atoms with E-state index in [0.717, 1.165) is 13.1 Å². The summed E-state index contributed by atoms with van der Waals surface area (Å²) < 4.78 is 1.62. The molecule has 0 saturated heterocycles. The first-order chi connectivity index (χ1) is 9.45. The average molecular weight is 302 g/mol. The molecule has 1 aliphatic rings. The fourth-order valence-electron chi connectivity index (χ4n) is 3.00. The van der Waals surface area contributed by atoms with Crippen molar-refractivity contribution in [1.82, 2.24) is 4.90 Å². The van der Waals surface area contributed by atoms with Crippen LogP contribution in [-0.4, -0.2) is 26.6 Å². The molecule has 0 radical (unpaired) electrons. The summed E-state index contributed by atoms with van der Waals surface area (Å²) in [6.45, 7) is 9.52. The van der Waals surface area contributed by atoms with E-state index in [4.69, 9.17) is 0 Å². The van der Waals surface area contributed by atoms with Gasteiger partial charge in [-0.15, -0.1) is 0 Å². The first-order valence-corrected chi connectivity index (χ1v) is 11.7. The highest BCUT2D eigenvalue weighted by Crippen LogP contribution is 2.33. The molecule has 20 heavy (non-hydrogen) atoms. The zero-order valence-corrected chi connectivity index (χ0v) is 14.6. The summed E-state index contributed by atoms with van der Waals surface area (Å²) >= 11 is 1.97. The molecular formula is C17H23NSSi. The van der Waals surface area contributed by atoms with Gasteiger partial charge in [0.2, 0.25) is 0 Å². The smallest absolute Gasteiger partial charge is 0.0904 e. The molecule has 1 atom stereocenters. The summed E-state index contributed by atoms with van der Waals surface area (Å²) in [4.78, 5) is 2.44. The molecule has 3 rings (SSSR count). The Hall–Kier alpha value is -0.903. The van der Waals surface area contributed by atoms with Gasteiger partial charge in [0.05, 0.1) is 8.07 Å². The van der Waals surface area contributed by atoms with E-state index in [-0.39, 0.29) is 0 Å². The van der Waals surface area contributed by atoms with Gasteiger partial charge >= 0.3 is 0 Å². The van der Waals surface area contributed by atoms with Crippen LogP contribution in [0.1, 0.15) is 22.6 Å². The topological polar surface area (TPSA) is 3.24 Å². The maximum Gasteiger partial charge on any atom is 0.0904 e. The van der Waals surface area contributed by atoms with Crippen molar-refractivity contribution in [3.05, 3.63) is 52.4 Å². The van der Waals surface area contributed by atoms with Crippen LogP contribution >= 0.6 is 11.3 Å². The van der Waals surface area contributed by atoms with E-state index in [1.165, 1.54) is 16.7 Å². The summed E-state index contributed by atoms with van der Waals surface area (Å²) in [5.41, 5.74) is 4.55. The van der Waals surface area contributed by atoms with Crippen LogP contribution in [0, 0.1) is 0 Å². The van der Waals surface area contributed by atoms with Crippen LogP contribution in [0.15, 0.2) is 35.7 Å². The SMILES string of the molecule is CN1Cc2ccccc2C(c2csc([Si](C)(C)C)c2)C1. The molecule has 0 bridgehead atoms. The number of rotatable bonds is 2. The highest BCUT2D eigenvalue weighted by Gasteiger charge is 2.27. The van der Waals surface area contributed by atoms with E-state index in [0.29, 0.717) is 5.92 Å². The number of thiophene rings is 1. The molecule has 0 amide bonds. The van der Waals surface area contributed by atoms with Crippen molar-refractivity contribution in [3.63, 3.8) is 0 Å². The van der Waals surface area contributed by atoms with E-state index in [1.54, 1.807) is 4.50 Å². The van der Waals surface area contributed by atoms with Crippen LogP contribution in [-0.2, 0) is 6.54 Å². The van der Waals surface area contributed by atoms with Gasteiger partial charge in [0, 0.05) is 19.0 Å². The van der Waals surface area contributed by atoms with Crippen molar-refractivity contribution in [2.75, 3.05) is 13.6 Å². The Kier molecular flexibility index (Phi) is 3.61. The van der Waals surface area contributed by atoms with Crippen LogP contribution < -0.4 is 4.50 Å².